The third kappa shape index (κ3) is 5.42. The molecule has 2 nitrogen and oxygen atoms in total. The molecule has 280 valence electrons. The van der Waals surface area contributed by atoms with E-state index < -0.39 is 0 Å². The van der Waals surface area contributed by atoms with Crippen LogP contribution in [0.2, 0.25) is 0 Å². The molecule has 0 unspecified atom stereocenters. The summed E-state index contributed by atoms with van der Waals surface area (Å²) in [6, 6.07) is 81.2. The van der Waals surface area contributed by atoms with Crippen molar-refractivity contribution in [3.8, 4) is 33.4 Å². The number of benzene rings is 11. The summed E-state index contributed by atoms with van der Waals surface area (Å²) in [5.41, 5.74) is 11.9. The number of furan rings is 1. The largest absolute Gasteiger partial charge is 0.455 e. The Kier molecular flexibility index (Phi) is 7.89. The van der Waals surface area contributed by atoms with Crippen LogP contribution in [0.15, 0.2) is 229 Å². The first-order valence-corrected chi connectivity index (χ1v) is 20.6. The van der Waals surface area contributed by atoms with Gasteiger partial charge in [-0.15, -0.1) is 0 Å². The Balaban J connectivity index is 1.18. The summed E-state index contributed by atoms with van der Waals surface area (Å²) in [6.45, 7) is 0. The van der Waals surface area contributed by atoms with E-state index in [-0.39, 0.29) is 0 Å². The Morgan fingerprint density at radius 2 is 0.850 bits per heavy atom. The highest BCUT2D eigenvalue weighted by atomic mass is 16.3. The molecule has 0 fully saturated rings. The number of anilines is 3. The van der Waals surface area contributed by atoms with Crippen LogP contribution >= 0.6 is 0 Å². The smallest absolute Gasteiger partial charge is 0.145 e. The average molecular weight is 764 g/mol. The lowest BCUT2D eigenvalue weighted by atomic mass is 9.91. The van der Waals surface area contributed by atoms with Gasteiger partial charge >= 0.3 is 0 Å². The van der Waals surface area contributed by atoms with E-state index in [1.165, 1.54) is 59.8 Å². The topological polar surface area (TPSA) is 16.4 Å². The Bertz CT molecular complexity index is 3620. The van der Waals surface area contributed by atoms with E-state index in [4.69, 9.17) is 4.42 Å². The van der Waals surface area contributed by atoms with E-state index in [9.17, 15) is 0 Å². The molecule has 0 saturated heterocycles. The lowest BCUT2D eigenvalue weighted by Gasteiger charge is -2.29. The van der Waals surface area contributed by atoms with Crippen molar-refractivity contribution in [2.24, 2.45) is 0 Å². The first-order chi connectivity index (χ1) is 29.8. The van der Waals surface area contributed by atoms with Gasteiger partial charge < -0.3 is 9.32 Å². The minimum atomic E-state index is 0.861. The van der Waals surface area contributed by atoms with Crippen LogP contribution < -0.4 is 4.90 Å². The third-order valence-electron chi connectivity index (χ3n) is 12.2. The zero-order chi connectivity index (χ0) is 39.6. The zero-order valence-electron chi connectivity index (χ0n) is 32.7. The standard InChI is InChI=1S/C58H37NO/c1-2-17-38(18-3-1)43-23-8-9-24-44(43)39-21-16-22-42(35-39)59(55-37-41-20-5-7-26-46(41)48-28-12-13-30-50(48)55)54-34-33-51(58-57(54)52-31-14-15-32-56(52)60-58)53-36-40-19-4-6-25-45(40)47-27-10-11-29-49(47)53/h1-37H. The summed E-state index contributed by atoms with van der Waals surface area (Å²) in [4.78, 5) is 2.47. The number of rotatable bonds is 6. The molecule has 0 spiro atoms. The molecule has 0 saturated carbocycles. The van der Waals surface area contributed by atoms with Gasteiger partial charge in [-0.1, -0.05) is 182 Å². The van der Waals surface area contributed by atoms with Crippen LogP contribution in [0.1, 0.15) is 0 Å². The molecule has 0 bridgehead atoms. The number of hydrogen-bond donors (Lipinski definition) is 0. The van der Waals surface area contributed by atoms with Crippen LogP contribution in [0, 0.1) is 0 Å². The molecule has 0 aliphatic heterocycles. The lowest BCUT2D eigenvalue weighted by molar-refractivity contribution is 0.670. The molecular formula is C58H37NO. The van der Waals surface area contributed by atoms with Crippen molar-refractivity contribution < 1.29 is 4.42 Å². The van der Waals surface area contributed by atoms with Crippen LogP contribution in [-0.4, -0.2) is 0 Å². The Morgan fingerprint density at radius 3 is 1.60 bits per heavy atom. The third-order valence-corrected chi connectivity index (χ3v) is 12.2. The first-order valence-electron chi connectivity index (χ1n) is 20.6. The maximum absolute atomic E-state index is 7.05. The van der Waals surface area contributed by atoms with Crippen LogP contribution in [-0.2, 0) is 0 Å². The Morgan fingerprint density at radius 1 is 0.300 bits per heavy atom. The Hall–Kier alpha value is -7.94. The predicted molar refractivity (Wildman–Crippen MR) is 255 cm³/mol. The highest BCUT2D eigenvalue weighted by molar-refractivity contribution is 6.22. The highest BCUT2D eigenvalue weighted by Crippen LogP contribution is 2.50. The summed E-state index contributed by atoms with van der Waals surface area (Å²) >= 11 is 0. The molecule has 0 N–H and O–H groups in total. The molecular weight excluding hydrogens is 727 g/mol. The molecule has 0 aliphatic carbocycles. The van der Waals surface area contributed by atoms with E-state index in [1.54, 1.807) is 0 Å². The van der Waals surface area contributed by atoms with Gasteiger partial charge in [0, 0.05) is 22.0 Å². The van der Waals surface area contributed by atoms with Gasteiger partial charge in [0.2, 0.25) is 0 Å². The van der Waals surface area contributed by atoms with Crippen molar-refractivity contribution in [3.63, 3.8) is 0 Å². The fourth-order valence-corrected chi connectivity index (χ4v) is 9.53. The highest BCUT2D eigenvalue weighted by Gasteiger charge is 2.25. The van der Waals surface area contributed by atoms with Crippen LogP contribution in [0.3, 0.4) is 0 Å². The normalized spacial score (nSPS) is 11.7. The molecule has 0 radical (unpaired) electrons. The molecule has 11 aromatic carbocycles. The van der Waals surface area contributed by atoms with E-state index in [0.717, 1.165) is 55.7 Å². The molecule has 12 rings (SSSR count). The van der Waals surface area contributed by atoms with Crippen molar-refractivity contribution in [2.75, 3.05) is 4.90 Å². The fourth-order valence-electron chi connectivity index (χ4n) is 9.53. The molecule has 1 aromatic heterocycles. The number of para-hydroxylation sites is 1. The minimum Gasteiger partial charge on any atom is -0.455 e. The summed E-state index contributed by atoms with van der Waals surface area (Å²) in [7, 11) is 0. The van der Waals surface area contributed by atoms with Crippen molar-refractivity contribution in [1.29, 1.82) is 0 Å². The van der Waals surface area contributed by atoms with Crippen LogP contribution in [0.25, 0.3) is 98.4 Å². The van der Waals surface area contributed by atoms with Crippen molar-refractivity contribution in [3.05, 3.63) is 224 Å². The number of nitrogens with zero attached hydrogens (tertiary/aromatic N) is 1. The summed E-state index contributed by atoms with van der Waals surface area (Å²) in [5.74, 6) is 0. The number of hydrogen-bond acceptors (Lipinski definition) is 2. The van der Waals surface area contributed by atoms with Crippen LogP contribution in [0.5, 0.6) is 0 Å². The molecule has 2 heteroatoms. The average Bonchev–Trinajstić information content (AvgIpc) is 3.72. The first kappa shape index (κ1) is 34.1. The molecule has 0 atom stereocenters. The van der Waals surface area contributed by atoms with Gasteiger partial charge in [-0.05, 0) is 108 Å². The van der Waals surface area contributed by atoms with Gasteiger partial charge in [-0.3, -0.25) is 0 Å². The molecule has 0 amide bonds. The minimum absolute atomic E-state index is 0.861. The monoisotopic (exact) mass is 763 g/mol. The molecule has 12 aromatic rings. The van der Waals surface area contributed by atoms with Gasteiger partial charge in [-0.2, -0.15) is 0 Å². The van der Waals surface area contributed by atoms with Crippen LogP contribution in [0.4, 0.5) is 17.1 Å². The van der Waals surface area contributed by atoms with E-state index in [2.05, 4.69) is 229 Å². The second kappa shape index (κ2) is 13.9. The maximum Gasteiger partial charge on any atom is 0.145 e. The zero-order valence-corrected chi connectivity index (χ0v) is 32.7. The van der Waals surface area contributed by atoms with E-state index in [1.807, 2.05) is 0 Å². The van der Waals surface area contributed by atoms with Gasteiger partial charge in [0.15, 0.2) is 0 Å². The van der Waals surface area contributed by atoms with Gasteiger partial charge in [0.1, 0.15) is 11.2 Å². The van der Waals surface area contributed by atoms with Gasteiger partial charge in [0.05, 0.1) is 16.8 Å². The summed E-state index contributed by atoms with van der Waals surface area (Å²) in [5, 5.41) is 11.9. The van der Waals surface area contributed by atoms with E-state index >= 15 is 0 Å². The second-order valence-electron chi connectivity index (χ2n) is 15.6. The van der Waals surface area contributed by atoms with E-state index in [0.29, 0.717) is 0 Å². The lowest BCUT2D eigenvalue weighted by Crippen LogP contribution is -2.11. The maximum atomic E-state index is 7.05. The van der Waals surface area contributed by atoms with Crippen molar-refractivity contribution >= 4 is 82.1 Å². The van der Waals surface area contributed by atoms with Crippen molar-refractivity contribution in [1.82, 2.24) is 0 Å². The summed E-state index contributed by atoms with van der Waals surface area (Å²) in [6.07, 6.45) is 0. The van der Waals surface area contributed by atoms with Gasteiger partial charge in [-0.25, -0.2) is 0 Å². The van der Waals surface area contributed by atoms with Gasteiger partial charge in [0.25, 0.3) is 0 Å². The Labute approximate surface area is 347 Å². The van der Waals surface area contributed by atoms with Crippen molar-refractivity contribution in [2.45, 2.75) is 0 Å². The SMILES string of the molecule is c1ccc(-c2ccccc2-c2cccc(N(c3cc4ccccc4c4ccccc34)c3ccc(-c4cc5ccccc5c5ccccc45)c4oc5ccccc5c34)c2)cc1. The predicted octanol–water partition coefficient (Wildman–Crippen LogP) is 16.7. The second-order valence-corrected chi connectivity index (χ2v) is 15.6. The molecule has 60 heavy (non-hydrogen) atoms. The number of fused-ring (bicyclic) bond motifs is 9. The fraction of sp³-hybridized carbons (Fsp3) is 0. The quantitative estimate of drug-likeness (QED) is 0.157. The summed E-state index contributed by atoms with van der Waals surface area (Å²) < 4.78 is 7.05. The molecule has 0 aliphatic rings. The molecule has 1 heterocycles.